The fourth-order valence-corrected chi connectivity index (χ4v) is 2.15. The Labute approximate surface area is 88.9 Å². The van der Waals surface area contributed by atoms with Crippen molar-refractivity contribution in [2.24, 2.45) is 0 Å². The third-order valence-corrected chi connectivity index (χ3v) is 3.06. The molecular formula is C11H16O2S. The first-order chi connectivity index (χ1) is 6.76. The van der Waals surface area contributed by atoms with Gasteiger partial charge >= 0.3 is 5.97 Å². The zero-order chi connectivity index (χ0) is 10.4. The molecule has 14 heavy (non-hydrogen) atoms. The van der Waals surface area contributed by atoms with Gasteiger partial charge < -0.3 is 4.74 Å². The number of hydrogen-bond donors (Lipinski definition) is 0. The van der Waals surface area contributed by atoms with Gasteiger partial charge in [-0.1, -0.05) is 13.3 Å². The van der Waals surface area contributed by atoms with Crippen LogP contribution in [-0.2, 0) is 22.4 Å². The average Bonchev–Trinajstić information content (AvgIpc) is 2.62. The van der Waals surface area contributed by atoms with Crippen LogP contribution in [0.3, 0.4) is 0 Å². The summed E-state index contributed by atoms with van der Waals surface area (Å²) in [5.74, 6) is -0.158. The van der Waals surface area contributed by atoms with E-state index < -0.39 is 0 Å². The number of thiophene rings is 1. The van der Waals surface area contributed by atoms with Crippen molar-refractivity contribution >= 4 is 17.3 Å². The average molecular weight is 212 g/mol. The molecule has 0 saturated carbocycles. The largest absolute Gasteiger partial charge is 0.469 e. The summed E-state index contributed by atoms with van der Waals surface area (Å²) in [5.41, 5.74) is 1.34. The van der Waals surface area contributed by atoms with E-state index in [4.69, 9.17) is 0 Å². The summed E-state index contributed by atoms with van der Waals surface area (Å²) in [6.07, 6.45) is 3.96. The lowest BCUT2D eigenvalue weighted by Gasteiger charge is -1.95. The fourth-order valence-electron chi connectivity index (χ4n) is 1.25. The van der Waals surface area contributed by atoms with Crippen LogP contribution in [0.5, 0.6) is 0 Å². The maximum absolute atomic E-state index is 11.0. The predicted molar refractivity (Wildman–Crippen MR) is 58.7 cm³/mol. The smallest absolute Gasteiger partial charge is 0.310 e. The van der Waals surface area contributed by atoms with Crippen molar-refractivity contribution in [3.63, 3.8) is 0 Å². The number of unbranched alkanes of at least 4 members (excludes halogenated alkanes) is 1. The Balaban J connectivity index is 2.46. The first-order valence-corrected chi connectivity index (χ1v) is 5.77. The molecule has 0 aliphatic rings. The number of methoxy groups -OCH3 is 1. The zero-order valence-corrected chi connectivity index (χ0v) is 9.52. The Bertz CT molecular complexity index is 291. The zero-order valence-electron chi connectivity index (χ0n) is 8.71. The van der Waals surface area contributed by atoms with Crippen LogP contribution >= 0.6 is 11.3 Å². The number of esters is 1. The van der Waals surface area contributed by atoms with E-state index >= 15 is 0 Å². The molecule has 3 heteroatoms. The molecule has 0 unspecified atom stereocenters. The van der Waals surface area contributed by atoms with Crippen molar-refractivity contribution < 1.29 is 9.53 Å². The van der Waals surface area contributed by atoms with Gasteiger partial charge in [-0.25, -0.2) is 0 Å². The van der Waals surface area contributed by atoms with Crippen molar-refractivity contribution in [1.29, 1.82) is 0 Å². The van der Waals surface area contributed by atoms with Gasteiger partial charge in [-0.2, -0.15) is 0 Å². The predicted octanol–water partition coefficient (Wildman–Crippen LogP) is 2.81. The molecule has 0 amide bonds. The molecule has 2 nitrogen and oxygen atoms in total. The Kier molecular flexibility index (Phi) is 4.66. The number of aryl methyl sites for hydroxylation is 1. The summed E-state index contributed by atoms with van der Waals surface area (Å²) in [6.45, 7) is 2.18. The Morgan fingerprint density at radius 3 is 3.00 bits per heavy atom. The maximum atomic E-state index is 11.0. The van der Waals surface area contributed by atoms with Gasteiger partial charge in [0.15, 0.2) is 0 Å². The van der Waals surface area contributed by atoms with Gasteiger partial charge in [0.05, 0.1) is 13.5 Å². The second-order valence-electron chi connectivity index (χ2n) is 3.28. The van der Waals surface area contributed by atoms with Crippen LogP contribution in [0.4, 0.5) is 0 Å². The van der Waals surface area contributed by atoms with Gasteiger partial charge in [0.1, 0.15) is 0 Å². The van der Waals surface area contributed by atoms with Crippen LogP contribution in [0, 0.1) is 0 Å². The van der Waals surface area contributed by atoms with Crippen molar-refractivity contribution in [3.05, 3.63) is 21.9 Å². The van der Waals surface area contributed by atoms with Crippen molar-refractivity contribution in [2.75, 3.05) is 7.11 Å². The molecule has 0 atom stereocenters. The van der Waals surface area contributed by atoms with Crippen molar-refractivity contribution in [1.82, 2.24) is 0 Å². The van der Waals surface area contributed by atoms with Crippen LogP contribution in [0.15, 0.2) is 11.4 Å². The number of ether oxygens (including phenoxy) is 1. The highest BCUT2D eigenvalue weighted by Gasteiger charge is 2.05. The minimum absolute atomic E-state index is 0.158. The molecular weight excluding hydrogens is 196 g/mol. The molecule has 1 aromatic heterocycles. The number of carbonyl (C=O) groups excluding carboxylic acids is 1. The summed E-state index contributed by atoms with van der Waals surface area (Å²) in [6, 6.07) is 2.11. The normalized spacial score (nSPS) is 10.1. The Hall–Kier alpha value is -0.830. The minimum Gasteiger partial charge on any atom is -0.469 e. The molecule has 0 saturated heterocycles. The van der Waals surface area contributed by atoms with E-state index in [0.29, 0.717) is 6.42 Å². The Morgan fingerprint density at radius 2 is 2.36 bits per heavy atom. The first-order valence-electron chi connectivity index (χ1n) is 4.89. The lowest BCUT2D eigenvalue weighted by molar-refractivity contribution is -0.139. The number of rotatable bonds is 5. The molecule has 1 aromatic rings. The van der Waals surface area contributed by atoms with Crippen molar-refractivity contribution in [3.8, 4) is 0 Å². The highest BCUT2D eigenvalue weighted by atomic mass is 32.1. The SMILES string of the molecule is CCCCc1csc(CC(=O)OC)c1. The van der Waals surface area contributed by atoms with Gasteiger partial charge in [0.2, 0.25) is 0 Å². The number of carbonyl (C=O) groups is 1. The molecule has 1 rings (SSSR count). The molecule has 0 aliphatic heterocycles. The third-order valence-electron chi connectivity index (χ3n) is 2.07. The molecule has 0 spiro atoms. The van der Waals surface area contributed by atoms with E-state index in [1.807, 2.05) is 0 Å². The molecule has 0 aliphatic carbocycles. The van der Waals surface area contributed by atoms with Gasteiger partial charge in [0.25, 0.3) is 0 Å². The highest BCUT2D eigenvalue weighted by molar-refractivity contribution is 7.10. The van der Waals surface area contributed by atoms with E-state index in [1.54, 1.807) is 11.3 Å². The topological polar surface area (TPSA) is 26.3 Å². The highest BCUT2D eigenvalue weighted by Crippen LogP contribution is 2.17. The van der Waals surface area contributed by atoms with Crippen LogP contribution in [-0.4, -0.2) is 13.1 Å². The molecule has 78 valence electrons. The molecule has 0 fully saturated rings. The monoisotopic (exact) mass is 212 g/mol. The van der Waals surface area contributed by atoms with Gasteiger partial charge in [-0.05, 0) is 29.9 Å². The van der Waals surface area contributed by atoms with Crippen LogP contribution in [0.25, 0.3) is 0 Å². The molecule has 0 N–H and O–H groups in total. The van der Waals surface area contributed by atoms with Crippen LogP contribution < -0.4 is 0 Å². The fraction of sp³-hybridized carbons (Fsp3) is 0.545. The van der Waals surface area contributed by atoms with E-state index in [0.717, 1.165) is 11.3 Å². The quantitative estimate of drug-likeness (QED) is 0.701. The lowest BCUT2D eigenvalue weighted by Crippen LogP contribution is -2.02. The Morgan fingerprint density at radius 1 is 1.57 bits per heavy atom. The maximum Gasteiger partial charge on any atom is 0.310 e. The summed E-state index contributed by atoms with van der Waals surface area (Å²) in [7, 11) is 1.42. The molecule has 1 heterocycles. The van der Waals surface area contributed by atoms with Crippen molar-refractivity contribution in [2.45, 2.75) is 32.6 Å². The summed E-state index contributed by atoms with van der Waals surface area (Å²) in [5, 5.41) is 2.13. The summed E-state index contributed by atoms with van der Waals surface area (Å²) >= 11 is 1.64. The minimum atomic E-state index is -0.158. The molecule has 0 radical (unpaired) electrons. The van der Waals surface area contributed by atoms with E-state index in [-0.39, 0.29) is 5.97 Å². The second-order valence-corrected chi connectivity index (χ2v) is 4.27. The molecule has 0 bridgehead atoms. The first kappa shape index (κ1) is 11.2. The summed E-state index contributed by atoms with van der Waals surface area (Å²) in [4.78, 5) is 12.1. The third kappa shape index (κ3) is 3.50. The van der Waals surface area contributed by atoms with Gasteiger partial charge in [0, 0.05) is 4.88 Å². The number of hydrogen-bond acceptors (Lipinski definition) is 3. The van der Waals surface area contributed by atoms with E-state index in [1.165, 1.54) is 25.5 Å². The second kappa shape index (κ2) is 5.81. The van der Waals surface area contributed by atoms with E-state index in [9.17, 15) is 4.79 Å². The van der Waals surface area contributed by atoms with Crippen LogP contribution in [0.2, 0.25) is 0 Å². The standard InChI is InChI=1S/C11H16O2S/c1-3-4-5-9-6-10(14-8-9)7-11(12)13-2/h6,8H,3-5,7H2,1-2H3. The van der Waals surface area contributed by atoms with E-state index in [2.05, 4.69) is 23.1 Å². The molecule has 0 aromatic carbocycles. The summed E-state index contributed by atoms with van der Waals surface area (Å²) < 4.78 is 4.61. The van der Waals surface area contributed by atoms with Crippen LogP contribution in [0.1, 0.15) is 30.2 Å². The van der Waals surface area contributed by atoms with Gasteiger partial charge in [-0.3, -0.25) is 4.79 Å². The van der Waals surface area contributed by atoms with Gasteiger partial charge in [-0.15, -0.1) is 11.3 Å². The lowest BCUT2D eigenvalue weighted by atomic mass is 10.1.